The number of carbonyl (C=O) groups excluding carboxylic acids is 4. The summed E-state index contributed by atoms with van der Waals surface area (Å²) in [4.78, 5) is 57.9. The summed E-state index contributed by atoms with van der Waals surface area (Å²) in [6.45, 7) is 11.4. The Hall–Kier alpha value is -2.52. The molecule has 3 heterocycles. The Morgan fingerprint density at radius 3 is 2.23 bits per heavy atom. The second kappa shape index (κ2) is 21.1. The van der Waals surface area contributed by atoms with Gasteiger partial charge in [0.25, 0.3) is 11.7 Å². The molecule has 1 aliphatic carbocycles. The highest BCUT2D eigenvalue weighted by atomic mass is 16.7. The van der Waals surface area contributed by atoms with Crippen LogP contribution in [-0.2, 0) is 42.9 Å². The molecule has 1 saturated carbocycles. The van der Waals surface area contributed by atoms with Crippen LogP contribution in [0.1, 0.15) is 119 Å². The zero-order chi connectivity index (χ0) is 42.2. The minimum absolute atomic E-state index is 0.000416. The number of aliphatic hydroxyl groups excluding tert-OH is 2. The monoisotopic (exact) mass is 805 g/mol. The Balaban J connectivity index is 1.77. The summed E-state index contributed by atoms with van der Waals surface area (Å²) in [6, 6.07) is -1.13. The second-order valence-electron chi connectivity index (χ2n) is 17.5. The Kier molecular flexibility index (Phi) is 17.5. The van der Waals surface area contributed by atoms with Crippen LogP contribution in [0.4, 0.5) is 0 Å². The number of esters is 1. The van der Waals surface area contributed by atoms with Gasteiger partial charge in [-0.3, -0.25) is 14.4 Å². The van der Waals surface area contributed by atoms with Gasteiger partial charge in [-0.05, 0) is 95.5 Å². The van der Waals surface area contributed by atoms with Crippen molar-refractivity contribution < 1.29 is 58.2 Å². The summed E-state index contributed by atoms with van der Waals surface area (Å²) in [5.41, 5.74) is 1.67. The molecule has 0 radical (unpaired) electrons. The second-order valence-corrected chi connectivity index (χ2v) is 17.5. The average Bonchev–Trinajstić information content (AvgIpc) is 3.18. The molecule has 13 nitrogen and oxygen atoms in total. The van der Waals surface area contributed by atoms with Crippen LogP contribution in [0.5, 0.6) is 0 Å². The molecule has 2 saturated heterocycles. The van der Waals surface area contributed by atoms with Gasteiger partial charge in [0.15, 0.2) is 0 Å². The number of amides is 1. The number of cyclic esters (lactones) is 1. The van der Waals surface area contributed by atoms with E-state index in [1.165, 1.54) is 19.1 Å². The van der Waals surface area contributed by atoms with Gasteiger partial charge in [0.2, 0.25) is 5.79 Å². The zero-order valence-electron chi connectivity index (χ0n) is 35.8. The Morgan fingerprint density at radius 2 is 1.58 bits per heavy atom. The Labute approximate surface area is 339 Å². The van der Waals surface area contributed by atoms with Gasteiger partial charge in [0.05, 0.1) is 30.5 Å². The molecule has 4 rings (SSSR count). The van der Waals surface area contributed by atoms with E-state index in [-0.39, 0.29) is 49.5 Å². The van der Waals surface area contributed by atoms with Crippen molar-refractivity contribution in [1.29, 1.82) is 0 Å². The number of hydrogen-bond donors (Lipinski definition) is 3. The number of methoxy groups -OCH3 is 3. The third-order valence-corrected chi connectivity index (χ3v) is 13.1. The van der Waals surface area contributed by atoms with E-state index < -0.39 is 83.9 Å². The Morgan fingerprint density at radius 1 is 0.912 bits per heavy atom. The van der Waals surface area contributed by atoms with Crippen molar-refractivity contribution in [1.82, 2.24) is 4.90 Å². The van der Waals surface area contributed by atoms with Crippen molar-refractivity contribution in [3.8, 4) is 0 Å². The molecule has 1 amide bonds. The van der Waals surface area contributed by atoms with Crippen molar-refractivity contribution in [2.45, 2.75) is 173 Å². The molecule has 57 heavy (non-hydrogen) atoms. The quantitative estimate of drug-likeness (QED) is 0.181. The number of fused-ring (bicyclic) bond motifs is 3. The number of ketones is 2. The van der Waals surface area contributed by atoms with E-state index in [0.29, 0.717) is 56.9 Å². The zero-order valence-corrected chi connectivity index (χ0v) is 35.8. The van der Waals surface area contributed by atoms with Crippen LogP contribution in [0.25, 0.3) is 0 Å². The van der Waals surface area contributed by atoms with Crippen LogP contribution < -0.4 is 0 Å². The lowest BCUT2D eigenvalue weighted by atomic mass is 9.81. The van der Waals surface area contributed by atoms with Crippen molar-refractivity contribution in [2.24, 2.45) is 29.6 Å². The van der Waals surface area contributed by atoms with Gasteiger partial charge < -0.3 is 43.9 Å². The highest BCUT2D eigenvalue weighted by Crippen LogP contribution is 2.39. The fraction of sp³-hybridized carbons (Fsp3) is 0.818. The third kappa shape index (κ3) is 11.4. The molecule has 13 heteroatoms. The van der Waals surface area contributed by atoms with E-state index in [2.05, 4.69) is 6.92 Å². The fourth-order valence-corrected chi connectivity index (χ4v) is 9.60. The van der Waals surface area contributed by atoms with E-state index in [9.17, 15) is 34.5 Å². The van der Waals surface area contributed by atoms with Gasteiger partial charge in [-0.25, -0.2) is 4.79 Å². The molecular formula is C44H71NO12. The summed E-state index contributed by atoms with van der Waals surface area (Å²) in [5.74, 6) is -7.46. The molecule has 0 unspecified atom stereocenters. The van der Waals surface area contributed by atoms with Crippen molar-refractivity contribution in [2.75, 3.05) is 27.9 Å². The standard InChI is InChI=1S/C44H71NO12/c1-10-13-31-19-25(2)18-26(3)20-37(54-8)40-38(55-9)22-28(5)44(52,57-40)41(49)42(50)45-17-12-11-14-32(45)43(51)56-39(29(6)34(47)24-35(31)48)27(4)21-30-15-16-33(46)36(23-30)53-7/h19,21,26,28-34,36-40,46-47,52H,10-18,20,22-24H2,1-9H3/b25-19+,27-21+/t26-,28-,29-,30+,31-,32+,33-,34-,36-,37-,38+,39-,40-,44-/m1/s1. The number of piperidine rings is 1. The van der Waals surface area contributed by atoms with Gasteiger partial charge in [-0.2, -0.15) is 0 Å². The molecule has 14 atom stereocenters. The maximum atomic E-state index is 14.3. The number of ether oxygens (including phenoxy) is 5. The predicted octanol–water partition coefficient (Wildman–Crippen LogP) is 4.86. The molecule has 0 aromatic rings. The minimum atomic E-state index is -2.50. The lowest BCUT2D eigenvalue weighted by Crippen LogP contribution is -2.64. The summed E-state index contributed by atoms with van der Waals surface area (Å²) >= 11 is 0. The number of hydrogen-bond acceptors (Lipinski definition) is 12. The topological polar surface area (TPSA) is 178 Å². The Bertz CT molecular complexity index is 1450. The molecule has 0 spiro atoms. The number of carbonyl (C=O) groups is 4. The molecule has 4 aliphatic rings. The SMILES string of the molecule is CCC[C@@H]1/C=C(\C)C[C@@H](C)C[C@@H](OC)[C@H]2O[C@@](O)(C(=O)C(=O)N3CCCC[C@H]3C(=O)O[C@H](/C(C)=C/[C@@H]3CC[C@@H](O)[C@H](OC)C3)[C@H](C)[C@H](O)CC1=O)[C@H](C)C[C@@H]2OC. The summed E-state index contributed by atoms with van der Waals surface area (Å²) < 4.78 is 29.8. The third-order valence-electron chi connectivity index (χ3n) is 13.1. The number of aliphatic hydroxyl groups is 3. The first-order chi connectivity index (χ1) is 27.0. The number of rotatable bonds is 7. The lowest BCUT2D eigenvalue weighted by molar-refractivity contribution is -0.302. The van der Waals surface area contributed by atoms with Crippen LogP contribution in [0, 0.1) is 29.6 Å². The van der Waals surface area contributed by atoms with Crippen LogP contribution in [0.2, 0.25) is 0 Å². The molecule has 3 fully saturated rings. The fourth-order valence-electron chi connectivity index (χ4n) is 9.60. The van der Waals surface area contributed by atoms with Gasteiger partial charge in [0, 0.05) is 52.0 Å². The summed E-state index contributed by atoms with van der Waals surface area (Å²) in [5, 5.41) is 34.2. The van der Waals surface area contributed by atoms with Gasteiger partial charge in [-0.15, -0.1) is 0 Å². The molecule has 0 aromatic carbocycles. The first-order valence-corrected chi connectivity index (χ1v) is 21.3. The van der Waals surface area contributed by atoms with E-state index in [0.717, 1.165) is 12.0 Å². The molecule has 0 aromatic heterocycles. The largest absolute Gasteiger partial charge is 0.456 e. The van der Waals surface area contributed by atoms with E-state index in [1.807, 2.05) is 32.9 Å². The van der Waals surface area contributed by atoms with E-state index in [4.69, 9.17) is 23.7 Å². The lowest BCUT2D eigenvalue weighted by Gasteiger charge is -2.47. The summed E-state index contributed by atoms with van der Waals surface area (Å²) in [6.07, 6.45) is 4.60. The van der Waals surface area contributed by atoms with E-state index >= 15 is 0 Å². The molecule has 3 N–H and O–H groups in total. The van der Waals surface area contributed by atoms with Gasteiger partial charge in [-0.1, -0.05) is 51.8 Å². The normalized spacial score (nSPS) is 41.1. The molecule has 324 valence electrons. The minimum Gasteiger partial charge on any atom is -0.456 e. The maximum absolute atomic E-state index is 14.3. The maximum Gasteiger partial charge on any atom is 0.329 e. The number of Topliss-reactive ketones (excluding diaryl/α,β-unsaturated/α-hetero) is 2. The summed E-state index contributed by atoms with van der Waals surface area (Å²) in [7, 11) is 4.64. The van der Waals surface area contributed by atoms with Crippen molar-refractivity contribution in [3.05, 3.63) is 23.3 Å². The van der Waals surface area contributed by atoms with Crippen LogP contribution in [0.15, 0.2) is 23.3 Å². The smallest absolute Gasteiger partial charge is 0.329 e. The van der Waals surface area contributed by atoms with Gasteiger partial charge in [0.1, 0.15) is 24.0 Å². The number of nitrogens with zero attached hydrogens (tertiary/aromatic N) is 1. The number of allylic oxidation sites excluding steroid dienone is 3. The van der Waals surface area contributed by atoms with Crippen LogP contribution >= 0.6 is 0 Å². The molecule has 3 aliphatic heterocycles. The average molecular weight is 806 g/mol. The highest BCUT2D eigenvalue weighted by molar-refractivity contribution is 6.39. The van der Waals surface area contributed by atoms with Crippen molar-refractivity contribution in [3.63, 3.8) is 0 Å². The molecule has 2 bridgehead atoms. The van der Waals surface area contributed by atoms with Crippen LogP contribution in [-0.4, -0.2) is 126 Å². The first-order valence-electron chi connectivity index (χ1n) is 21.3. The van der Waals surface area contributed by atoms with Gasteiger partial charge >= 0.3 is 5.97 Å². The first kappa shape index (κ1) is 47.2. The predicted molar refractivity (Wildman–Crippen MR) is 213 cm³/mol. The molecular weight excluding hydrogens is 734 g/mol. The van der Waals surface area contributed by atoms with E-state index in [1.54, 1.807) is 21.0 Å². The van der Waals surface area contributed by atoms with Crippen molar-refractivity contribution >= 4 is 23.4 Å². The van der Waals surface area contributed by atoms with Crippen LogP contribution in [0.3, 0.4) is 0 Å². The highest BCUT2D eigenvalue weighted by Gasteiger charge is 2.56.